The van der Waals surface area contributed by atoms with Crippen molar-refractivity contribution in [1.29, 1.82) is 0 Å². The average molecular weight is 644 g/mol. The number of carbonyl (C=O) groups is 2. The maximum absolute atomic E-state index is 12.7. The SMILES string of the molecule is COC(=O)[C@H](Cc1ccccc1)NC(=O)NCc1ccc([C@@H]2O[C@H](CSc3cccc[n+]3[O-])C[C@H](c3ccc(CO)cc3)O2)cc1. The van der Waals surface area contributed by atoms with E-state index in [0.29, 0.717) is 23.6 Å². The maximum Gasteiger partial charge on any atom is 0.328 e. The Kier molecular flexibility index (Phi) is 11.6. The molecule has 0 unspecified atom stereocenters. The van der Waals surface area contributed by atoms with Crippen molar-refractivity contribution in [3.8, 4) is 0 Å². The molecule has 1 aromatic heterocycles. The number of hydrogen-bond acceptors (Lipinski definition) is 8. The van der Waals surface area contributed by atoms with Crippen LogP contribution in [0.5, 0.6) is 0 Å². The number of aromatic nitrogens is 1. The van der Waals surface area contributed by atoms with Crippen LogP contribution in [0.15, 0.2) is 108 Å². The second kappa shape index (κ2) is 16.2. The van der Waals surface area contributed by atoms with Crippen molar-refractivity contribution in [1.82, 2.24) is 10.6 Å². The number of methoxy groups -OCH3 is 1. The molecule has 1 saturated heterocycles. The van der Waals surface area contributed by atoms with Crippen LogP contribution in [-0.2, 0) is 38.6 Å². The number of esters is 1. The predicted octanol–water partition coefficient (Wildman–Crippen LogP) is 4.73. The molecule has 1 fully saturated rings. The predicted molar refractivity (Wildman–Crippen MR) is 172 cm³/mol. The van der Waals surface area contributed by atoms with Gasteiger partial charge in [-0.25, -0.2) is 9.59 Å². The summed E-state index contributed by atoms with van der Waals surface area (Å²) in [6, 6.07) is 28.6. The number of pyridine rings is 1. The molecule has 4 atom stereocenters. The third kappa shape index (κ3) is 9.07. The Morgan fingerprint density at radius 2 is 1.63 bits per heavy atom. The van der Waals surface area contributed by atoms with E-state index < -0.39 is 24.3 Å². The van der Waals surface area contributed by atoms with E-state index >= 15 is 0 Å². The zero-order chi connectivity index (χ0) is 32.3. The fourth-order valence-electron chi connectivity index (χ4n) is 5.10. The van der Waals surface area contributed by atoms with Crippen molar-refractivity contribution < 1.29 is 33.6 Å². The summed E-state index contributed by atoms with van der Waals surface area (Å²) >= 11 is 1.44. The van der Waals surface area contributed by atoms with E-state index in [0.717, 1.165) is 32.5 Å². The summed E-state index contributed by atoms with van der Waals surface area (Å²) in [5.41, 5.74) is 4.36. The normalized spacial score (nSPS) is 18.3. The second-order valence-corrected chi connectivity index (χ2v) is 11.9. The van der Waals surface area contributed by atoms with Gasteiger partial charge < -0.3 is 35.2 Å². The quantitative estimate of drug-likeness (QED) is 0.0874. The zero-order valence-electron chi connectivity index (χ0n) is 25.4. The Morgan fingerprint density at radius 1 is 0.935 bits per heavy atom. The van der Waals surface area contributed by atoms with Crippen molar-refractivity contribution in [2.24, 2.45) is 0 Å². The number of urea groups is 1. The first kappa shape index (κ1) is 33.0. The van der Waals surface area contributed by atoms with Gasteiger partial charge in [0.25, 0.3) is 5.03 Å². The first-order valence-corrected chi connectivity index (χ1v) is 16.0. The summed E-state index contributed by atoms with van der Waals surface area (Å²) in [4.78, 5) is 25.0. The fourth-order valence-corrected chi connectivity index (χ4v) is 6.03. The number of hydrogen-bond donors (Lipinski definition) is 3. The third-order valence-corrected chi connectivity index (χ3v) is 8.75. The molecule has 0 saturated carbocycles. The molecule has 240 valence electrons. The molecule has 4 aromatic rings. The van der Waals surface area contributed by atoms with Crippen LogP contribution in [0.3, 0.4) is 0 Å². The first-order valence-electron chi connectivity index (χ1n) is 15.0. The van der Waals surface area contributed by atoms with E-state index in [1.54, 1.807) is 12.1 Å². The van der Waals surface area contributed by atoms with E-state index in [9.17, 15) is 19.9 Å². The van der Waals surface area contributed by atoms with Crippen molar-refractivity contribution in [2.45, 2.75) is 55.6 Å². The number of aliphatic hydroxyl groups is 1. The summed E-state index contributed by atoms with van der Waals surface area (Å²) in [7, 11) is 1.29. The molecule has 2 amide bonds. The lowest BCUT2D eigenvalue weighted by Gasteiger charge is -2.36. The van der Waals surface area contributed by atoms with E-state index in [-0.39, 0.29) is 25.4 Å². The minimum absolute atomic E-state index is 0.0362. The number of aliphatic hydroxyl groups excluding tert-OH is 1. The van der Waals surface area contributed by atoms with Crippen LogP contribution in [0, 0.1) is 5.21 Å². The Morgan fingerprint density at radius 3 is 2.33 bits per heavy atom. The van der Waals surface area contributed by atoms with Gasteiger partial charge in [-0.3, -0.25) is 0 Å². The highest BCUT2D eigenvalue weighted by Crippen LogP contribution is 2.39. The van der Waals surface area contributed by atoms with Gasteiger partial charge in [0.2, 0.25) is 0 Å². The molecule has 46 heavy (non-hydrogen) atoms. The van der Waals surface area contributed by atoms with Gasteiger partial charge in [-0.2, -0.15) is 4.73 Å². The van der Waals surface area contributed by atoms with Gasteiger partial charge >= 0.3 is 12.0 Å². The zero-order valence-corrected chi connectivity index (χ0v) is 26.2. The topological polar surface area (TPSA) is 133 Å². The fraction of sp³-hybridized carbons (Fsp3) is 0.286. The lowest BCUT2D eigenvalue weighted by molar-refractivity contribution is -0.645. The molecular formula is C35H37N3O7S. The van der Waals surface area contributed by atoms with Gasteiger partial charge in [0, 0.05) is 42.8 Å². The number of thioether (sulfide) groups is 1. The number of benzene rings is 3. The van der Waals surface area contributed by atoms with Crippen LogP contribution in [-0.4, -0.2) is 42.1 Å². The number of ether oxygens (including phenoxy) is 3. The number of carbonyl (C=O) groups excluding carboxylic acids is 2. The van der Waals surface area contributed by atoms with E-state index in [2.05, 4.69) is 10.6 Å². The summed E-state index contributed by atoms with van der Waals surface area (Å²) in [5, 5.41) is 27.8. The Balaban J connectivity index is 1.22. The van der Waals surface area contributed by atoms with Gasteiger partial charge in [-0.1, -0.05) is 90.6 Å². The molecule has 0 bridgehead atoms. The van der Waals surface area contributed by atoms with Gasteiger partial charge in [0.15, 0.2) is 12.5 Å². The molecular weight excluding hydrogens is 606 g/mol. The highest BCUT2D eigenvalue weighted by atomic mass is 32.2. The second-order valence-electron chi connectivity index (χ2n) is 10.9. The largest absolute Gasteiger partial charge is 0.618 e. The van der Waals surface area contributed by atoms with Gasteiger partial charge in [-0.15, -0.1) is 0 Å². The average Bonchev–Trinajstić information content (AvgIpc) is 3.10. The maximum atomic E-state index is 12.7. The minimum atomic E-state index is -0.824. The van der Waals surface area contributed by atoms with E-state index in [4.69, 9.17) is 14.2 Å². The molecule has 2 heterocycles. The van der Waals surface area contributed by atoms with Crippen LogP contribution in [0.25, 0.3) is 0 Å². The molecule has 10 nitrogen and oxygen atoms in total. The molecule has 11 heteroatoms. The molecule has 3 aromatic carbocycles. The van der Waals surface area contributed by atoms with Crippen molar-refractivity contribution >= 4 is 23.8 Å². The number of rotatable bonds is 12. The van der Waals surface area contributed by atoms with Crippen molar-refractivity contribution in [2.75, 3.05) is 12.9 Å². The summed E-state index contributed by atoms with van der Waals surface area (Å²) in [6.07, 6.45) is 1.28. The number of amides is 2. The molecule has 1 aliphatic heterocycles. The summed E-state index contributed by atoms with van der Waals surface area (Å²) < 4.78 is 18.5. The monoisotopic (exact) mass is 643 g/mol. The minimum Gasteiger partial charge on any atom is -0.618 e. The van der Waals surface area contributed by atoms with Crippen LogP contribution in [0.2, 0.25) is 0 Å². The summed E-state index contributed by atoms with van der Waals surface area (Å²) in [5.74, 6) is 0.0387. The first-order chi connectivity index (χ1) is 22.4. The molecule has 5 rings (SSSR count). The molecule has 3 N–H and O–H groups in total. The van der Waals surface area contributed by atoms with Crippen LogP contribution in [0.4, 0.5) is 4.79 Å². The van der Waals surface area contributed by atoms with E-state index in [1.165, 1.54) is 25.1 Å². The van der Waals surface area contributed by atoms with Crippen LogP contribution >= 0.6 is 11.8 Å². The highest BCUT2D eigenvalue weighted by molar-refractivity contribution is 7.99. The van der Waals surface area contributed by atoms with Gasteiger partial charge in [-0.05, 0) is 28.3 Å². The Hall–Kier alpha value is -4.42. The molecule has 0 spiro atoms. The standard InChI is InChI=1S/C35H37N3O7S/c1-43-33(40)30(19-24-7-3-2-4-8-24)37-35(41)36-21-25-10-16-28(17-11-25)34-44-29(23-46-32-9-5-6-18-38(32)42)20-31(45-34)27-14-12-26(22-39)13-15-27/h2-18,29-31,34,39H,19-23H2,1H3,(H2,36,37,41)/t29-,30-,31+,34+/m0/s1. The van der Waals surface area contributed by atoms with E-state index in [1.807, 2.05) is 84.9 Å². The smallest absolute Gasteiger partial charge is 0.328 e. The Bertz CT molecular complexity index is 1570. The number of nitrogens with zero attached hydrogens (tertiary/aromatic N) is 1. The molecule has 1 aliphatic rings. The third-order valence-electron chi connectivity index (χ3n) is 7.60. The lowest BCUT2D eigenvalue weighted by atomic mass is 10.0. The highest BCUT2D eigenvalue weighted by Gasteiger charge is 2.32. The Labute approximate surface area is 272 Å². The molecule has 0 radical (unpaired) electrons. The molecule has 0 aliphatic carbocycles. The van der Waals surface area contributed by atoms with Crippen molar-refractivity contribution in [3.63, 3.8) is 0 Å². The van der Waals surface area contributed by atoms with Crippen LogP contribution < -0.4 is 15.4 Å². The lowest BCUT2D eigenvalue weighted by Crippen LogP contribution is -2.47. The van der Waals surface area contributed by atoms with Crippen LogP contribution in [0.1, 0.15) is 46.6 Å². The number of nitrogens with one attached hydrogen (secondary N) is 2. The van der Waals surface area contributed by atoms with Crippen molar-refractivity contribution in [3.05, 3.63) is 136 Å². The summed E-state index contributed by atoms with van der Waals surface area (Å²) in [6.45, 7) is 0.203. The van der Waals surface area contributed by atoms with Gasteiger partial charge in [0.05, 0.1) is 25.9 Å². The van der Waals surface area contributed by atoms with Gasteiger partial charge in [0.1, 0.15) is 6.04 Å².